The van der Waals surface area contributed by atoms with Gasteiger partial charge in [-0.1, -0.05) is 18.2 Å². The molecule has 0 aliphatic rings. The Morgan fingerprint density at radius 3 is 2.39 bits per heavy atom. The topological polar surface area (TPSA) is 50.2 Å². The van der Waals surface area contributed by atoms with E-state index >= 15 is 0 Å². The van der Waals surface area contributed by atoms with Crippen molar-refractivity contribution in [2.24, 2.45) is 4.99 Å². The summed E-state index contributed by atoms with van der Waals surface area (Å²) in [5, 5.41) is -0.573. The lowest BCUT2D eigenvalue weighted by Gasteiger charge is -2.20. The molecule has 0 atom stereocenters. The molecule has 0 aliphatic carbocycles. The molecule has 2 rings (SSSR count). The molecule has 1 heterocycles. The molecule has 0 unspecified atom stereocenters. The Hall–Kier alpha value is -2.08. The maximum absolute atomic E-state index is 13.6. The van der Waals surface area contributed by atoms with E-state index in [-0.39, 0.29) is 11.4 Å². The van der Waals surface area contributed by atoms with Crippen molar-refractivity contribution in [3.05, 3.63) is 54.1 Å². The Kier molecular flexibility index (Phi) is 4.94. The third kappa shape index (κ3) is 4.96. The summed E-state index contributed by atoms with van der Waals surface area (Å²) < 4.78 is 27.3. The predicted octanol–water partition coefficient (Wildman–Crippen LogP) is 4.42. The van der Waals surface area contributed by atoms with Crippen molar-refractivity contribution >= 4 is 23.1 Å². The Morgan fingerprint density at radius 1 is 1.17 bits per heavy atom. The fourth-order valence-electron chi connectivity index (χ4n) is 1.88. The summed E-state index contributed by atoms with van der Waals surface area (Å²) in [6.07, 6.45) is 2.31. The average Bonchev–Trinajstić information content (AvgIpc) is 2.45. The highest BCUT2D eigenvalue weighted by Gasteiger charge is 2.34. The minimum Gasteiger partial charge on any atom is -0.340 e. The number of hydrogen-bond donors (Lipinski definition) is 1. The molecule has 0 radical (unpaired) electrons. The Balaban J connectivity index is 2.54. The largest absolute Gasteiger partial charge is 0.365 e. The molecule has 2 aromatic rings. The van der Waals surface area contributed by atoms with Crippen molar-refractivity contribution in [1.29, 1.82) is 0 Å². The Morgan fingerprint density at radius 2 is 1.83 bits per heavy atom. The molecule has 1 aromatic heterocycles. The van der Waals surface area contributed by atoms with Crippen LogP contribution in [0.15, 0.2) is 47.8 Å². The van der Waals surface area contributed by atoms with E-state index in [9.17, 15) is 8.78 Å². The van der Waals surface area contributed by atoms with Gasteiger partial charge >= 0.3 is 5.38 Å². The standard InChI is InChI=1S/C16H17ClF2N4/c1-15(2,3)23-14(22-11-7-5-4-6-8-11)12-9-20-10-21-13(12)16(17,18)19/h4-10H,1-3H3,(H,22,23). The smallest absolute Gasteiger partial charge is 0.340 e. The van der Waals surface area contributed by atoms with Crippen LogP contribution in [0.1, 0.15) is 32.0 Å². The summed E-state index contributed by atoms with van der Waals surface area (Å²) in [6, 6.07) is 9.13. The maximum atomic E-state index is 13.6. The molecule has 0 spiro atoms. The minimum atomic E-state index is -3.62. The summed E-state index contributed by atoms with van der Waals surface area (Å²) in [7, 11) is 0. The van der Waals surface area contributed by atoms with Crippen LogP contribution in [0.2, 0.25) is 0 Å². The van der Waals surface area contributed by atoms with Gasteiger partial charge in [-0.25, -0.2) is 9.97 Å². The predicted molar refractivity (Wildman–Crippen MR) is 88.1 cm³/mol. The molecule has 23 heavy (non-hydrogen) atoms. The molecule has 0 fully saturated rings. The molecule has 1 N–H and O–H groups in total. The van der Waals surface area contributed by atoms with Crippen molar-refractivity contribution in [2.45, 2.75) is 31.7 Å². The number of anilines is 1. The van der Waals surface area contributed by atoms with E-state index in [1.807, 2.05) is 39.0 Å². The fraction of sp³-hybridized carbons (Fsp3) is 0.312. The number of aromatic nitrogens is 2. The highest BCUT2D eigenvalue weighted by Crippen LogP contribution is 2.33. The SMILES string of the molecule is CC(C)(C)N=C(Nc1ccccc1)c1cncnc1C(F)(F)Cl. The molecule has 1 aromatic carbocycles. The molecule has 0 saturated heterocycles. The van der Waals surface area contributed by atoms with Crippen molar-refractivity contribution < 1.29 is 8.78 Å². The molecule has 7 heteroatoms. The molecule has 0 amide bonds. The number of alkyl halides is 3. The summed E-state index contributed by atoms with van der Waals surface area (Å²) >= 11 is 5.18. The third-order valence-electron chi connectivity index (χ3n) is 2.72. The van der Waals surface area contributed by atoms with Crippen LogP contribution in [0.4, 0.5) is 14.5 Å². The minimum absolute atomic E-state index is 0.0614. The third-order valence-corrected chi connectivity index (χ3v) is 2.90. The molecule has 0 aliphatic heterocycles. The van der Waals surface area contributed by atoms with Gasteiger partial charge in [0, 0.05) is 11.9 Å². The highest BCUT2D eigenvalue weighted by molar-refractivity contribution is 6.22. The average molecular weight is 339 g/mol. The van der Waals surface area contributed by atoms with Crippen LogP contribution < -0.4 is 5.32 Å². The number of benzene rings is 1. The number of halogens is 3. The van der Waals surface area contributed by atoms with E-state index in [1.165, 1.54) is 6.20 Å². The number of amidine groups is 1. The summed E-state index contributed by atoms with van der Waals surface area (Å²) in [5.41, 5.74) is -0.304. The van der Waals surface area contributed by atoms with E-state index in [0.717, 1.165) is 6.33 Å². The molecule has 0 saturated carbocycles. The molecule has 4 nitrogen and oxygen atoms in total. The molecular weight excluding hydrogens is 322 g/mol. The Bertz CT molecular complexity index is 691. The van der Waals surface area contributed by atoms with E-state index in [0.29, 0.717) is 5.69 Å². The fourth-order valence-corrected chi connectivity index (χ4v) is 2.03. The number of hydrogen-bond acceptors (Lipinski definition) is 3. The first kappa shape index (κ1) is 17.3. The number of nitrogens with zero attached hydrogens (tertiary/aromatic N) is 3. The number of rotatable bonds is 3. The first-order valence-corrected chi connectivity index (χ1v) is 7.34. The van der Waals surface area contributed by atoms with E-state index < -0.39 is 16.6 Å². The number of para-hydroxylation sites is 1. The normalized spacial score (nSPS) is 13.0. The number of nitrogens with one attached hydrogen (secondary N) is 1. The van der Waals surface area contributed by atoms with Crippen molar-refractivity contribution in [1.82, 2.24) is 9.97 Å². The molecular formula is C16H17ClF2N4. The quantitative estimate of drug-likeness (QED) is 0.512. The van der Waals surface area contributed by atoms with Crippen molar-refractivity contribution in [3.8, 4) is 0 Å². The van der Waals surface area contributed by atoms with Gasteiger partial charge in [-0.3, -0.25) is 4.99 Å². The van der Waals surface area contributed by atoms with E-state index in [4.69, 9.17) is 11.6 Å². The highest BCUT2D eigenvalue weighted by atomic mass is 35.5. The van der Waals surface area contributed by atoms with Gasteiger partial charge in [-0.2, -0.15) is 8.78 Å². The van der Waals surface area contributed by atoms with Gasteiger partial charge in [0.1, 0.15) is 17.9 Å². The van der Waals surface area contributed by atoms with Crippen LogP contribution in [0.25, 0.3) is 0 Å². The van der Waals surface area contributed by atoms with Crippen molar-refractivity contribution in [3.63, 3.8) is 0 Å². The zero-order chi connectivity index (χ0) is 17.1. The van der Waals surface area contributed by atoms with Crippen LogP contribution in [0, 0.1) is 0 Å². The zero-order valence-corrected chi connectivity index (χ0v) is 13.8. The van der Waals surface area contributed by atoms with Crippen LogP contribution in [0.3, 0.4) is 0 Å². The van der Waals surface area contributed by atoms with Gasteiger partial charge in [0.15, 0.2) is 0 Å². The second-order valence-corrected chi connectivity index (χ2v) is 6.38. The lowest BCUT2D eigenvalue weighted by Crippen LogP contribution is -2.25. The van der Waals surface area contributed by atoms with Gasteiger partial charge in [0.2, 0.25) is 0 Å². The molecule has 122 valence electrons. The van der Waals surface area contributed by atoms with Gasteiger partial charge in [0.25, 0.3) is 0 Å². The first-order chi connectivity index (χ1) is 10.7. The van der Waals surface area contributed by atoms with E-state index in [2.05, 4.69) is 20.3 Å². The number of aliphatic imine (C=N–C) groups is 1. The first-order valence-electron chi connectivity index (χ1n) is 6.96. The lowest BCUT2D eigenvalue weighted by atomic mass is 10.1. The summed E-state index contributed by atoms with van der Waals surface area (Å²) in [6.45, 7) is 5.59. The van der Waals surface area contributed by atoms with Gasteiger partial charge in [-0.15, -0.1) is 0 Å². The van der Waals surface area contributed by atoms with Crippen LogP contribution in [0.5, 0.6) is 0 Å². The van der Waals surface area contributed by atoms with Crippen molar-refractivity contribution in [2.75, 3.05) is 5.32 Å². The van der Waals surface area contributed by atoms with Crippen LogP contribution >= 0.6 is 11.6 Å². The monoisotopic (exact) mass is 338 g/mol. The summed E-state index contributed by atoms with van der Waals surface area (Å²) in [5.74, 6) is 0.236. The van der Waals surface area contributed by atoms with Crippen LogP contribution in [-0.4, -0.2) is 21.3 Å². The van der Waals surface area contributed by atoms with Gasteiger partial charge in [-0.05, 0) is 44.5 Å². The summed E-state index contributed by atoms with van der Waals surface area (Å²) in [4.78, 5) is 11.9. The van der Waals surface area contributed by atoms with Gasteiger partial charge < -0.3 is 5.32 Å². The Labute approximate surface area is 138 Å². The molecule has 0 bridgehead atoms. The van der Waals surface area contributed by atoms with E-state index in [1.54, 1.807) is 12.1 Å². The zero-order valence-electron chi connectivity index (χ0n) is 13.0. The second-order valence-electron chi connectivity index (χ2n) is 5.91. The second kappa shape index (κ2) is 6.58. The lowest BCUT2D eigenvalue weighted by molar-refractivity contribution is 0.0896. The van der Waals surface area contributed by atoms with Crippen LogP contribution in [-0.2, 0) is 5.38 Å². The van der Waals surface area contributed by atoms with Gasteiger partial charge in [0.05, 0.1) is 11.1 Å². The maximum Gasteiger partial charge on any atom is 0.365 e.